The summed E-state index contributed by atoms with van der Waals surface area (Å²) < 4.78 is 16.6. The van der Waals surface area contributed by atoms with Gasteiger partial charge in [0.25, 0.3) is 0 Å². The van der Waals surface area contributed by atoms with Gasteiger partial charge >= 0.3 is 6.09 Å². The molecule has 3 rings (SSSR count). The summed E-state index contributed by atoms with van der Waals surface area (Å²) >= 11 is 0. The van der Waals surface area contributed by atoms with E-state index in [-0.39, 0.29) is 18.8 Å². The zero-order chi connectivity index (χ0) is 19.8. The lowest BCUT2D eigenvalue weighted by molar-refractivity contribution is -0.189. The molecule has 7 heteroatoms. The van der Waals surface area contributed by atoms with E-state index in [1.807, 2.05) is 6.07 Å². The van der Waals surface area contributed by atoms with E-state index in [4.69, 9.17) is 14.2 Å². The number of carbonyl (C=O) groups is 1. The van der Waals surface area contributed by atoms with E-state index < -0.39 is 12.3 Å². The maximum Gasteiger partial charge on any atom is 0.407 e. The molecule has 2 aromatic carbocycles. The van der Waals surface area contributed by atoms with Gasteiger partial charge in [-0.2, -0.15) is 0 Å². The number of amides is 1. The normalized spacial score (nSPS) is 20.6. The molecule has 1 atom stereocenters. The van der Waals surface area contributed by atoms with E-state index in [2.05, 4.69) is 47.0 Å². The average Bonchev–Trinajstić information content (AvgIpc) is 2.75. The number of ether oxygens (including phenoxy) is 3. The molecule has 1 aliphatic rings. The number of rotatable bonds is 8. The van der Waals surface area contributed by atoms with Crippen molar-refractivity contribution in [1.82, 2.24) is 10.6 Å². The van der Waals surface area contributed by atoms with Gasteiger partial charge in [-0.3, -0.25) is 5.32 Å². The molecule has 1 amide bonds. The Balaban J connectivity index is 1.37. The third-order valence-electron chi connectivity index (χ3n) is 4.82. The monoisotopic (exact) mass is 388 g/mol. The average molecular weight is 388 g/mol. The summed E-state index contributed by atoms with van der Waals surface area (Å²) in [5.41, 5.74) is 1.25. The minimum atomic E-state index is -0.857. The van der Waals surface area contributed by atoms with Gasteiger partial charge in [0.05, 0.1) is 13.2 Å². The van der Waals surface area contributed by atoms with E-state index in [0.717, 1.165) is 0 Å². The van der Waals surface area contributed by atoms with Gasteiger partial charge in [0, 0.05) is 18.9 Å². The zero-order valence-electron chi connectivity index (χ0n) is 16.1. The van der Waals surface area contributed by atoms with E-state index in [9.17, 15) is 9.90 Å². The molecule has 7 nitrogen and oxygen atoms in total. The van der Waals surface area contributed by atoms with Crippen LogP contribution < -0.4 is 10.6 Å². The number of benzene rings is 2. The number of likely N-dealkylation sites (N-methyl/N-ethyl adjacent to an activating group) is 1. The summed E-state index contributed by atoms with van der Waals surface area (Å²) in [5, 5.41) is 16.9. The lowest BCUT2D eigenvalue weighted by atomic mass is 9.94. The molecule has 0 aromatic heterocycles. The molecule has 1 heterocycles. The van der Waals surface area contributed by atoms with Crippen LogP contribution in [0.4, 0.5) is 4.79 Å². The van der Waals surface area contributed by atoms with Crippen molar-refractivity contribution in [3.05, 3.63) is 48.0 Å². The van der Waals surface area contributed by atoms with Crippen molar-refractivity contribution in [3.8, 4) is 0 Å². The molecule has 152 valence electrons. The topological polar surface area (TPSA) is 89.0 Å². The molecule has 0 spiro atoms. The van der Waals surface area contributed by atoms with Crippen molar-refractivity contribution in [2.24, 2.45) is 0 Å². The lowest BCUT2D eigenvalue weighted by Crippen LogP contribution is -2.35. The van der Waals surface area contributed by atoms with Crippen molar-refractivity contribution in [3.63, 3.8) is 0 Å². The van der Waals surface area contributed by atoms with Crippen LogP contribution in [0.2, 0.25) is 0 Å². The molecule has 1 fully saturated rings. The van der Waals surface area contributed by atoms with Gasteiger partial charge in [-0.15, -0.1) is 0 Å². The first-order valence-corrected chi connectivity index (χ1v) is 9.64. The summed E-state index contributed by atoms with van der Waals surface area (Å²) in [6, 6.07) is 14.7. The number of aliphatic hydroxyl groups excluding tert-OH is 1. The van der Waals surface area contributed by atoms with Crippen molar-refractivity contribution >= 4 is 16.9 Å². The van der Waals surface area contributed by atoms with Crippen LogP contribution in [0.25, 0.3) is 10.8 Å². The second kappa shape index (κ2) is 10.4. The molecule has 2 aromatic rings. The Morgan fingerprint density at radius 3 is 2.75 bits per heavy atom. The number of aliphatic hydroxyl groups is 1. The Hall–Kier alpha value is -2.19. The molecular weight excluding hydrogens is 360 g/mol. The minimum Gasteiger partial charge on any atom is -0.445 e. The van der Waals surface area contributed by atoms with E-state index in [1.54, 1.807) is 7.05 Å². The second-order valence-corrected chi connectivity index (χ2v) is 6.83. The number of carbonyl (C=O) groups excluding carboxylic acids is 1. The summed E-state index contributed by atoms with van der Waals surface area (Å²) in [6.07, 6.45) is -0.245. The highest BCUT2D eigenvalue weighted by Gasteiger charge is 2.24. The lowest BCUT2D eigenvalue weighted by Gasteiger charge is -2.30. The molecule has 0 saturated carbocycles. The number of hydrogen-bond acceptors (Lipinski definition) is 6. The van der Waals surface area contributed by atoms with Gasteiger partial charge in [-0.25, -0.2) is 4.79 Å². The molecule has 1 saturated heterocycles. The first-order chi connectivity index (χ1) is 13.7. The van der Waals surface area contributed by atoms with Crippen LogP contribution in [0.3, 0.4) is 0 Å². The van der Waals surface area contributed by atoms with Gasteiger partial charge in [0.2, 0.25) is 0 Å². The first kappa shape index (κ1) is 20.5. The molecule has 1 unspecified atom stereocenters. The highest BCUT2D eigenvalue weighted by molar-refractivity contribution is 5.86. The maximum absolute atomic E-state index is 11.5. The van der Waals surface area contributed by atoms with Gasteiger partial charge in [0.1, 0.15) is 12.8 Å². The Kier molecular flexibility index (Phi) is 7.62. The highest BCUT2D eigenvalue weighted by Crippen LogP contribution is 2.29. The van der Waals surface area contributed by atoms with Gasteiger partial charge < -0.3 is 24.6 Å². The van der Waals surface area contributed by atoms with Crippen LogP contribution in [0.1, 0.15) is 24.3 Å². The summed E-state index contributed by atoms with van der Waals surface area (Å²) in [7, 11) is 1.58. The third kappa shape index (κ3) is 5.65. The number of alkyl carbamates (subject to hydrolysis) is 1. The number of fused-ring (bicyclic) bond motifs is 1. The summed E-state index contributed by atoms with van der Waals surface area (Å²) in [4.78, 5) is 11.5. The van der Waals surface area contributed by atoms with E-state index >= 15 is 0 Å². The smallest absolute Gasteiger partial charge is 0.407 e. The van der Waals surface area contributed by atoms with Gasteiger partial charge in [-0.1, -0.05) is 42.5 Å². The van der Waals surface area contributed by atoms with Gasteiger partial charge in [0.15, 0.2) is 6.29 Å². The maximum atomic E-state index is 11.5. The van der Waals surface area contributed by atoms with Gasteiger partial charge in [-0.05, 0) is 29.8 Å². The quantitative estimate of drug-likeness (QED) is 0.475. The fraction of sp³-hybridized carbons (Fsp3) is 0.476. The molecule has 28 heavy (non-hydrogen) atoms. The number of nitrogens with one attached hydrogen (secondary N) is 2. The molecule has 1 aliphatic heterocycles. The minimum absolute atomic E-state index is 0.0905. The van der Waals surface area contributed by atoms with Crippen molar-refractivity contribution in [2.75, 3.05) is 33.4 Å². The Morgan fingerprint density at radius 2 is 1.96 bits per heavy atom. The van der Waals surface area contributed by atoms with Crippen LogP contribution in [0, 0.1) is 0 Å². The predicted molar refractivity (Wildman–Crippen MR) is 106 cm³/mol. The largest absolute Gasteiger partial charge is 0.445 e. The molecular formula is C21H28N2O5. The van der Waals surface area contributed by atoms with Crippen molar-refractivity contribution < 1.29 is 24.1 Å². The predicted octanol–water partition coefficient (Wildman–Crippen LogP) is 2.34. The third-order valence-corrected chi connectivity index (χ3v) is 4.82. The van der Waals surface area contributed by atoms with Crippen LogP contribution in [0.5, 0.6) is 0 Å². The van der Waals surface area contributed by atoms with Crippen molar-refractivity contribution in [2.45, 2.75) is 31.3 Å². The van der Waals surface area contributed by atoms with Crippen LogP contribution in [-0.4, -0.2) is 57.1 Å². The fourth-order valence-electron chi connectivity index (χ4n) is 3.24. The molecule has 3 N–H and O–H groups in total. The van der Waals surface area contributed by atoms with Crippen LogP contribution >= 0.6 is 0 Å². The second-order valence-electron chi connectivity index (χ2n) is 6.83. The van der Waals surface area contributed by atoms with E-state index in [0.29, 0.717) is 32.6 Å². The van der Waals surface area contributed by atoms with Crippen LogP contribution in [-0.2, 0) is 14.2 Å². The van der Waals surface area contributed by atoms with Crippen molar-refractivity contribution in [1.29, 1.82) is 0 Å². The highest BCUT2D eigenvalue weighted by atomic mass is 16.7. The summed E-state index contributed by atoms with van der Waals surface area (Å²) in [5.74, 6) is 0.217. The molecule has 0 radical (unpaired) electrons. The standard InChI is InChI=1S/C21H28N2O5/c1-22-19(24)14-28-21(25)23-11-5-10-20-26-12-16(13-27-20)18-9-4-7-15-6-2-3-8-17(15)18/h2-4,6-9,16,19-20,22,24H,5,10-14H2,1H3,(H,23,25). The summed E-state index contributed by atoms with van der Waals surface area (Å²) in [6.45, 7) is 1.61. The Morgan fingerprint density at radius 1 is 1.21 bits per heavy atom. The zero-order valence-corrected chi connectivity index (χ0v) is 16.1. The fourth-order valence-corrected chi connectivity index (χ4v) is 3.24. The number of hydrogen-bond donors (Lipinski definition) is 3. The molecule has 0 bridgehead atoms. The Bertz CT molecular complexity index is 756. The first-order valence-electron chi connectivity index (χ1n) is 9.64. The van der Waals surface area contributed by atoms with E-state index in [1.165, 1.54) is 16.3 Å². The SMILES string of the molecule is CNC(O)COC(=O)NCCCC1OCC(c2cccc3ccccc23)CO1. The molecule has 0 aliphatic carbocycles. The Labute approximate surface area is 165 Å². The van der Waals surface area contributed by atoms with Crippen LogP contribution in [0.15, 0.2) is 42.5 Å².